The predicted molar refractivity (Wildman–Crippen MR) is 78.7 cm³/mol. The second-order valence-electron chi connectivity index (χ2n) is 4.91. The third-order valence-electron chi connectivity index (χ3n) is 3.05. The molecule has 0 spiro atoms. The van der Waals surface area contributed by atoms with E-state index in [4.69, 9.17) is 0 Å². The van der Waals surface area contributed by atoms with Crippen LogP contribution in [-0.4, -0.2) is 21.9 Å². The average molecular weight is 324 g/mol. The zero-order valence-corrected chi connectivity index (χ0v) is 12.3. The maximum Gasteiger partial charge on any atom is 0.435 e. The molecule has 0 saturated carbocycles. The van der Waals surface area contributed by atoms with Crippen LogP contribution in [0.2, 0.25) is 0 Å². The summed E-state index contributed by atoms with van der Waals surface area (Å²) in [4.78, 5) is 11.6. The van der Waals surface area contributed by atoms with Crippen LogP contribution >= 0.6 is 0 Å². The standard InChI is InChI=1S/C15H15F3N4O/c1-11(12-5-3-2-4-6-12)9-19-20-14(23)10-22-8-7-13(21-22)15(16,17)18/h2-9,11H,10H2,1H3,(H,20,23). The van der Waals surface area contributed by atoms with E-state index < -0.39 is 17.8 Å². The average Bonchev–Trinajstić information content (AvgIpc) is 2.96. The highest BCUT2D eigenvalue weighted by atomic mass is 19.4. The number of carbonyl (C=O) groups is 1. The van der Waals surface area contributed by atoms with Crippen LogP contribution in [-0.2, 0) is 17.5 Å². The van der Waals surface area contributed by atoms with Gasteiger partial charge in [-0.25, -0.2) is 5.43 Å². The van der Waals surface area contributed by atoms with Crippen LogP contribution in [0.1, 0.15) is 24.1 Å². The van der Waals surface area contributed by atoms with E-state index in [1.54, 1.807) is 6.21 Å². The molecule has 5 nitrogen and oxygen atoms in total. The Labute approximate surface area is 130 Å². The van der Waals surface area contributed by atoms with Gasteiger partial charge in [-0.05, 0) is 11.6 Å². The number of nitrogens with zero attached hydrogens (tertiary/aromatic N) is 3. The van der Waals surface area contributed by atoms with Crippen molar-refractivity contribution in [2.75, 3.05) is 0 Å². The van der Waals surface area contributed by atoms with Crippen LogP contribution in [0.5, 0.6) is 0 Å². The molecule has 122 valence electrons. The smallest absolute Gasteiger partial charge is 0.271 e. The summed E-state index contributed by atoms with van der Waals surface area (Å²) in [6.45, 7) is 1.57. The fourth-order valence-electron chi connectivity index (χ4n) is 1.85. The van der Waals surface area contributed by atoms with Gasteiger partial charge in [0.2, 0.25) is 0 Å². The van der Waals surface area contributed by atoms with Crippen molar-refractivity contribution < 1.29 is 18.0 Å². The summed E-state index contributed by atoms with van der Waals surface area (Å²) in [6, 6.07) is 10.4. The van der Waals surface area contributed by atoms with E-state index in [1.165, 1.54) is 0 Å². The molecule has 0 bridgehead atoms. The lowest BCUT2D eigenvalue weighted by Gasteiger charge is -2.05. The Morgan fingerprint density at radius 3 is 2.65 bits per heavy atom. The highest BCUT2D eigenvalue weighted by molar-refractivity contribution is 5.77. The lowest BCUT2D eigenvalue weighted by atomic mass is 10.0. The number of amides is 1. The van der Waals surface area contributed by atoms with Gasteiger partial charge in [0, 0.05) is 18.3 Å². The number of hydrogen-bond acceptors (Lipinski definition) is 3. The van der Waals surface area contributed by atoms with Gasteiger partial charge in [-0.15, -0.1) is 0 Å². The van der Waals surface area contributed by atoms with Crippen molar-refractivity contribution in [3.63, 3.8) is 0 Å². The lowest BCUT2D eigenvalue weighted by molar-refractivity contribution is -0.141. The third-order valence-corrected chi connectivity index (χ3v) is 3.05. The van der Waals surface area contributed by atoms with E-state index in [0.717, 1.165) is 22.5 Å². The van der Waals surface area contributed by atoms with Gasteiger partial charge in [0.25, 0.3) is 5.91 Å². The van der Waals surface area contributed by atoms with Gasteiger partial charge >= 0.3 is 6.18 Å². The molecule has 1 unspecified atom stereocenters. The Hall–Kier alpha value is -2.64. The number of halogens is 3. The minimum absolute atomic E-state index is 0.00182. The summed E-state index contributed by atoms with van der Waals surface area (Å²) in [7, 11) is 0. The lowest BCUT2D eigenvalue weighted by Crippen LogP contribution is -2.24. The molecule has 0 radical (unpaired) electrons. The van der Waals surface area contributed by atoms with Crippen molar-refractivity contribution in [1.82, 2.24) is 15.2 Å². The first-order chi connectivity index (χ1) is 10.9. The molecule has 1 amide bonds. The highest BCUT2D eigenvalue weighted by Gasteiger charge is 2.33. The van der Waals surface area contributed by atoms with Crippen molar-refractivity contribution in [3.8, 4) is 0 Å². The normalized spacial score (nSPS) is 13.2. The molecular formula is C15H15F3N4O. The topological polar surface area (TPSA) is 59.3 Å². The van der Waals surface area contributed by atoms with Crippen molar-refractivity contribution in [2.24, 2.45) is 5.10 Å². The number of hydrogen-bond donors (Lipinski definition) is 1. The van der Waals surface area contributed by atoms with Gasteiger partial charge in [-0.1, -0.05) is 37.3 Å². The minimum atomic E-state index is -4.52. The van der Waals surface area contributed by atoms with Crippen LogP contribution in [0.4, 0.5) is 13.2 Å². The van der Waals surface area contributed by atoms with Crippen LogP contribution in [0, 0.1) is 0 Å². The number of carbonyl (C=O) groups excluding carboxylic acids is 1. The van der Waals surface area contributed by atoms with Gasteiger partial charge < -0.3 is 0 Å². The third kappa shape index (κ3) is 4.94. The Kier molecular flexibility index (Phi) is 5.15. The molecular weight excluding hydrogens is 309 g/mol. The van der Waals surface area contributed by atoms with Crippen molar-refractivity contribution in [1.29, 1.82) is 0 Å². The van der Waals surface area contributed by atoms with Gasteiger partial charge in [0.05, 0.1) is 0 Å². The zero-order chi connectivity index (χ0) is 16.9. The Balaban J connectivity index is 1.85. The maximum atomic E-state index is 12.4. The second kappa shape index (κ2) is 7.08. The van der Waals surface area contributed by atoms with Crippen LogP contribution in [0.3, 0.4) is 0 Å². The molecule has 23 heavy (non-hydrogen) atoms. The maximum absolute atomic E-state index is 12.4. The van der Waals surface area contributed by atoms with Crippen molar-refractivity contribution in [3.05, 3.63) is 53.9 Å². The number of benzene rings is 1. The predicted octanol–water partition coefficient (Wildman–Crippen LogP) is 2.81. The van der Waals surface area contributed by atoms with E-state index in [2.05, 4.69) is 15.6 Å². The Bertz CT molecular complexity index is 680. The highest BCUT2D eigenvalue weighted by Crippen LogP contribution is 2.27. The largest absolute Gasteiger partial charge is 0.435 e. The first-order valence-corrected chi connectivity index (χ1v) is 6.84. The molecule has 0 aliphatic rings. The Morgan fingerprint density at radius 2 is 2.04 bits per heavy atom. The molecule has 1 aromatic heterocycles. The first kappa shape index (κ1) is 16.7. The molecule has 0 fully saturated rings. The number of nitrogens with one attached hydrogen (secondary N) is 1. The van der Waals surface area contributed by atoms with E-state index in [0.29, 0.717) is 0 Å². The second-order valence-corrected chi connectivity index (χ2v) is 4.91. The van der Waals surface area contributed by atoms with Gasteiger partial charge in [0.15, 0.2) is 5.69 Å². The number of alkyl halides is 3. The molecule has 1 atom stereocenters. The summed E-state index contributed by atoms with van der Waals surface area (Å²) in [5.41, 5.74) is 2.27. The van der Waals surface area contributed by atoms with E-state index >= 15 is 0 Å². The fraction of sp³-hybridized carbons (Fsp3) is 0.267. The molecule has 2 rings (SSSR count). The SMILES string of the molecule is CC(C=NNC(=O)Cn1ccc(C(F)(F)F)n1)c1ccccc1. The zero-order valence-electron chi connectivity index (χ0n) is 12.3. The molecule has 1 heterocycles. The molecule has 0 saturated heterocycles. The quantitative estimate of drug-likeness (QED) is 0.679. The minimum Gasteiger partial charge on any atom is -0.271 e. The van der Waals surface area contributed by atoms with Gasteiger partial charge in [-0.2, -0.15) is 23.4 Å². The molecule has 2 aromatic rings. The molecule has 0 aliphatic heterocycles. The van der Waals surface area contributed by atoms with Crippen molar-refractivity contribution >= 4 is 12.1 Å². The van der Waals surface area contributed by atoms with Crippen LogP contribution < -0.4 is 5.43 Å². The number of rotatable bonds is 5. The monoisotopic (exact) mass is 324 g/mol. The molecule has 1 N–H and O–H groups in total. The summed E-state index contributed by atoms with van der Waals surface area (Å²) in [5.74, 6) is -0.559. The summed E-state index contributed by atoms with van der Waals surface area (Å²) in [6.07, 6.45) is -1.87. The summed E-state index contributed by atoms with van der Waals surface area (Å²) in [5, 5.41) is 7.10. The van der Waals surface area contributed by atoms with Gasteiger partial charge in [0.1, 0.15) is 6.54 Å². The van der Waals surface area contributed by atoms with E-state index in [9.17, 15) is 18.0 Å². The number of aromatic nitrogens is 2. The van der Waals surface area contributed by atoms with E-state index in [-0.39, 0.29) is 12.5 Å². The molecule has 1 aromatic carbocycles. The summed E-state index contributed by atoms with van der Waals surface area (Å²) < 4.78 is 38.1. The molecule has 8 heteroatoms. The van der Waals surface area contributed by atoms with E-state index in [1.807, 2.05) is 37.3 Å². The van der Waals surface area contributed by atoms with Crippen LogP contribution in [0.15, 0.2) is 47.7 Å². The fourth-order valence-corrected chi connectivity index (χ4v) is 1.85. The van der Waals surface area contributed by atoms with Crippen LogP contribution in [0.25, 0.3) is 0 Å². The molecule has 0 aliphatic carbocycles. The van der Waals surface area contributed by atoms with Crippen molar-refractivity contribution in [2.45, 2.75) is 25.6 Å². The Morgan fingerprint density at radius 1 is 1.35 bits per heavy atom. The van der Waals surface area contributed by atoms with Gasteiger partial charge in [-0.3, -0.25) is 9.48 Å². The number of hydrazone groups is 1. The first-order valence-electron chi connectivity index (χ1n) is 6.84. The summed E-state index contributed by atoms with van der Waals surface area (Å²) >= 11 is 0.